The van der Waals surface area contributed by atoms with Gasteiger partial charge in [-0.05, 0) is 24.1 Å². The molecule has 1 fully saturated rings. The van der Waals surface area contributed by atoms with Crippen molar-refractivity contribution < 1.29 is 13.2 Å². The van der Waals surface area contributed by atoms with E-state index in [1.165, 1.54) is 4.31 Å². The molecule has 1 aliphatic rings. The van der Waals surface area contributed by atoms with Gasteiger partial charge in [-0.15, -0.1) is 0 Å². The van der Waals surface area contributed by atoms with E-state index < -0.39 is 10.0 Å². The molecule has 3 heterocycles. The SMILES string of the molecule is Cn1cc(CCC(=O)NCCS(=O)(=O)N2CCN(c3ccccn3)CC2)cn1. The van der Waals surface area contributed by atoms with Crippen LogP contribution in [-0.4, -0.2) is 71.9 Å². The summed E-state index contributed by atoms with van der Waals surface area (Å²) in [6.45, 7) is 2.18. The molecule has 1 aliphatic heterocycles. The summed E-state index contributed by atoms with van der Waals surface area (Å²) in [6, 6.07) is 5.70. The fraction of sp³-hybridized carbons (Fsp3) is 0.500. The third kappa shape index (κ3) is 5.52. The zero-order valence-electron chi connectivity index (χ0n) is 16.0. The average Bonchev–Trinajstić information content (AvgIpc) is 3.12. The van der Waals surface area contributed by atoms with E-state index in [4.69, 9.17) is 0 Å². The Bertz CT molecular complexity index is 876. The number of hydrogen-bond acceptors (Lipinski definition) is 6. The maximum absolute atomic E-state index is 12.5. The van der Waals surface area contributed by atoms with Gasteiger partial charge in [-0.3, -0.25) is 9.48 Å². The van der Waals surface area contributed by atoms with Crippen LogP contribution in [0.3, 0.4) is 0 Å². The van der Waals surface area contributed by atoms with Crippen LogP contribution in [0.4, 0.5) is 5.82 Å². The second-order valence-corrected chi connectivity index (χ2v) is 8.85. The van der Waals surface area contributed by atoms with E-state index >= 15 is 0 Å². The fourth-order valence-electron chi connectivity index (χ4n) is 3.13. The molecule has 3 rings (SSSR count). The number of anilines is 1. The van der Waals surface area contributed by atoms with E-state index in [9.17, 15) is 13.2 Å². The van der Waals surface area contributed by atoms with Gasteiger partial charge >= 0.3 is 0 Å². The molecule has 0 bridgehead atoms. The predicted octanol–water partition coefficient (Wildman–Crippen LogP) is 0.0159. The number of aryl methyl sites for hydroxylation is 2. The van der Waals surface area contributed by atoms with Crippen LogP contribution in [0, 0.1) is 0 Å². The lowest BCUT2D eigenvalue weighted by Crippen LogP contribution is -2.50. The number of nitrogens with zero attached hydrogens (tertiary/aromatic N) is 5. The summed E-state index contributed by atoms with van der Waals surface area (Å²) in [4.78, 5) is 18.3. The molecule has 9 nitrogen and oxygen atoms in total. The van der Waals surface area contributed by atoms with Crippen LogP contribution in [0.1, 0.15) is 12.0 Å². The summed E-state index contributed by atoms with van der Waals surface area (Å²) < 4.78 is 28.2. The van der Waals surface area contributed by atoms with Crippen molar-refractivity contribution in [3.8, 4) is 0 Å². The molecule has 1 N–H and O–H groups in total. The summed E-state index contributed by atoms with van der Waals surface area (Å²) in [5, 5.41) is 6.76. The number of rotatable bonds is 8. The van der Waals surface area contributed by atoms with Crippen molar-refractivity contribution in [3.05, 3.63) is 42.4 Å². The van der Waals surface area contributed by atoms with Gasteiger partial charge in [0.05, 0.1) is 11.9 Å². The van der Waals surface area contributed by atoms with Gasteiger partial charge in [-0.1, -0.05) is 6.07 Å². The topological polar surface area (TPSA) is 100 Å². The van der Waals surface area contributed by atoms with Gasteiger partial charge in [0.2, 0.25) is 15.9 Å². The number of hydrogen-bond donors (Lipinski definition) is 1. The summed E-state index contributed by atoms with van der Waals surface area (Å²) in [5.41, 5.74) is 0.982. The highest BCUT2D eigenvalue weighted by Gasteiger charge is 2.27. The molecule has 2 aromatic heterocycles. The molecule has 0 unspecified atom stereocenters. The molecule has 0 saturated carbocycles. The Balaban J connectivity index is 1.38. The van der Waals surface area contributed by atoms with Crippen LogP contribution < -0.4 is 10.2 Å². The molecule has 1 saturated heterocycles. The zero-order valence-corrected chi connectivity index (χ0v) is 16.8. The molecule has 0 aliphatic carbocycles. The first kappa shape index (κ1) is 20.3. The average molecular weight is 407 g/mol. The molecule has 2 aromatic rings. The van der Waals surface area contributed by atoms with Crippen LogP contribution in [-0.2, 0) is 28.3 Å². The lowest BCUT2D eigenvalue weighted by molar-refractivity contribution is -0.120. The van der Waals surface area contributed by atoms with Crippen molar-refractivity contribution in [1.82, 2.24) is 24.4 Å². The van der Waals surface area contributed by atoms with Gasteiger partial charge in [-0.2, -0.15) is 9.40 Å². The number of aromatic nitrogens is 3. The second kappa shape index (κ2) is 9.16. The predicted molar refractivity (Wildman–Crippen MR) is 106 cm³/mol. The summed E-state index contributed by atoms with van der Waals surface area (Å²) >= 11 is 0. The monoisotopic (exact) mass is 406 g/mol. The molecular weight excluding hydrogens is 380 g/mol. The quantitative estimate of drug-likeness (QED) is 0.663. The summed E-state index contributed by atoms with van der Waals surface area (Å²) in [7, 11) is -1.57. The number of carbonyl (C=O) groups is 1. The lowest BCUT2D eigenvalue weighted by atomic mass is 10.2. The van der Waals surface area contributed by atoms with Crippen LogP contribution in [0.5, 0.6) is 0 Å². The molecule has 0 radical (unpaired) electrons. The fourth-order valence-corrected chi connectivity index (χ4v) is 4.47. The van der Waals surface area contributed by atoms with Crippen molar-refractivity contribution >= 4 is 21.7 Å². The van der Waals surface area contributed by atoms with Crippen molar-refractivity contribution in [2.75, 3.05) is 43.4 Å². The van der Waals surface area contributed by atoms with E-state index in [1.807, 2.05) is 31.4 Å². The van der Waals surface area contributed by atoms with Gasteiger partial charge in [0, 0.05) is 58.6 Å². The van der Waals surface area contributed by atoms with Crippen molar-refractivity contribution in [2.45, 2.75) is 12.8 Å². The number of nitrogens with one attached hydrogen (secondary N) is 1. The van der Waals surface area contributed by atoms with Crippen molar-refractivity contribution in [3.63, 3.8) is 0 Å². The third-order valence-electron chi connectivity index (χ3n) is 4.69. The van der Waals surface area contributed by atoms with Gasteiger partial charge in [0.1, 0.15) is 5.82 Å². The minimum Gasteiger partial charge on any atom is -0.355 e. The Morgan fingerprint density at radius 3 is 2.64 bits per heavy atom. The molecule has 0 atom stereocenters. The smallest absolute Gasteiger partial charge is 0.220 e. The van der Waals surface area contributed by atoms with E-state index in [1.54, 1.807) is 17.1 Å². The summed E-state index contributed by atoms with van der Waals surface area (Å²) in [6.07, 6.45) is 6.22. The largest absolute Gasteiger partial charge is 0.355 e. The van der Waals surface area contributed by atoms with E-state index in [0.29, 0.717) is 39.0 Å². The number of piperazine rings is 1. The van der Waals surface area contributed by atoms with Crippen LogP contribution >= 0.6 is 0 Å². The number of carbonyl (C=O) groups excluding carboxylic acids is 1. The van der Waals surface area contributed by atoms with Crippen molar-refractivity contribution in [1.29, 1.82) is 0 Å². The highest BCUT2D eigenvalue weighted by atomic mass is 32.2. The third-order valence-corrected chi connectivity index (χ3v) is 6.56. The van der Waals surface area contributed by atoms with E-state index in [2.05, 4.69) is 20.3 Å². The zero-order chi connectivity index (χ0) is 20.0. The first-order chi connectivity index (χ1) is 13.4. The van der Waals surface area contributed by atoms with Gasteiger partial charge in [0.25, 0.3) is 0 Å². The number of amides is 1. The minimum absolute atomic E-state index is 0.0881. The second-order valence-electron chi connectivity index (χ2n) is 6.76. The highest BCUT2D eigenvalue weighted by molar-refractivity contribution is 7.89. The Morgan fingerprint density at radius 2 is 2.00 bits per heavy atom. The first-order valence-corrected chi connectivity index (χ1v) is 10.9. The Hall–Kier alpha value is -2.46. The van der Waals surface area contributed by atoms with Crippen LogP contribution in [0.15, 0.2) is 36.8 Å². The standard InChI is InChI=1S/C18H26N6O3S/c1-22-15-16(14-21-22)5-6-18(25)20-8-13-28(26,27)24-11-9-23(10-12-24)17-4-2-3-7-19-17/h2-4,7,14-15H,5-6,8-13H2,1H3,(H,20,25). The van der Waals surface area contributed by atoms with Crippen LogP contribution in [0.25, 0.3) is 0 Å². The molecule has 28 heavy (non-hydrogen) atoms. The minimum atomic E-state index is -3.39. The summed E-state index contributed by atoms with van der Waals surface area (Å²) in [5.74, 6) is 0.620. The van der Waals surface area contributed by atoms with E-state index in [0.717, 1.165) is 11.4 Å². The highest BCUT2D eigenvalue weighted by Crippen LogP contribution is 2.14. The Morgan fingerprint density at radius 1 is 1.21 bits per heavy atom. The maximum atomic E-state index is 12.5. The normalized spacial score (nSPS) is 15.5. The van der Waals surface area contributed by atoms with Gasteiger partial charge < -0.3 is 10.2 Å². The molecule has 10 heteroatoms. The van der Waals surface area contributed by atoms with Crippen LogP contribution in [0.2, 0.25) is 0 Å². The van der Waals surface area contributed by atoms with Gasteiger partial charge in [0.15, 0.2) is 0 Å². The van der Waals surface area contributed by atoms with Crippen molar-refractivity contribution in [2.24, 2.45) is 7.05 Å². The van der Waals surface area contributed by atoms with Gasteiger partial charge in [-0.25, -0.2) is 13.4 Å². The maximum Gasteiger partial charge on any atom is 0.220 e. The molecule has 0 aromatic carbocycles. The van der Waals surface area contributed by atoms with E-state index in [-0.39, 0.29) is 18.2 Å². The first-order valence-electron chi connectivity index (χ1n) is 9.32. The molecule has 1 amide bonds. The number of pyridine rings is 1. The Labute approximate surface area is 165 Å². The Kier molecular flexibility index (Phi) is 6.63. The number of sulfonamides is 1. The lowest BCUT2D eigenvalue weighted by Gasteiger charge is -2.34. The molecule has 152 valence electrons. The molecular formula is C18H26N6O3S. The molecule has 0 spiro atoms.